The Morgan fingerprint density at radius 2 is 1.82 bits per heavy atom. The third-order valence-corrected chi connectivity index (χ3v) is 7.00. The molecule has 0 aliphatic heterocycles. The summed E-state index contributed by atoms with van der Waals surface area (Å²) >= 11 is 3.48. The number of benzene rings is 3. The molecule has 39 heavy (non-hydrogen) atoms. The maximum atomic E-state index is 13.0. The molecule has 0 bridgehead atoms. The van der Waals surface area contributed by atoms with Crippen molar-refractivity contribution < 1.29 is 23.5 Å². The first-order valence-electron chi connectivity index (χ1n) is 12.1. The predicted molar refractivity (Wildman–Crippen MR) is 149 cm³/mol. The molecule has 0 aliphatic rings. The molecule has 0 unspecified atom stereocenters. The lowest BCUT2D eigenvalue weighted by molar-refractivity contribution is -0.143. The van der Waals surface area contributed by atoms with Gasteiger partial charge in [0.1, 0.15) is 29.4 Å². The van der Waals surface area contributed by atoms with Crippen LogP contribution in [-0.4, -0.2) is 30.0 Å². The Labute approximate surface area is 231 Å². The highest BCUT2D eigenvalue weighted by molar-refractivity contribution is 9.10. The highest BCUT2D eigenvalue weighted by Gasteiger charge is 2.23. The largest absolute Gasteiger partial charge is 0.488 e. The quantitative estimate of drug-likeness (QED) is 0.169. The molecule has 1 atom stereocenters. The molecule has 10 heteroatoms. The fraction of sp³-hybridized carbons (Fsp3) is 0.138. The zero-order chi connectivity index (χ0) is 27.4. The van der Waals surface area contributed by atoms with Crippen molar-refractivity contribution in [1.29, 1.82) is 0 Å². The molecule has 3 N–H and O–H groups in total. The maximum absolute atomic E-state index is 13.0. The van der Waals surface area contributed by atoms with E-state index in [1.54, 1.807) is 18.2 Å². The smallest absolute Gasteiger partial charge is 0.325 e. The van der Waals surface area contributed by atoms with E-state index in [0.717, 1.165) is 32.6 Å². The number of carbonyl (C=O) groups excluding carboxylic acids is 2. The zero-order valence-corrected chi connectivity index (χ0v) is 22.4. The second-order valence-corrected chi connectivity index (χ2v) is 9.58. The molecular formula is C29H24BrN3O6. The Balaban J connectivity index is 1.32. The van der Waals surface area contributed by atoms with E-state index in [2.05, 4.69) is 31.8 Å². The van der Waals surface area contributed by atoms with E-state index in [1.807, 2.05) is 54.7 Å². The first-order valence-corrected chi connectivity index (χ1v) is 12.9. The van der Waals surface area contributed by atoms with Crippen LogP contribution in [0.3, 0.4) is 0 Å². The first-order chi connectivity index (χ1) is 18.9. The van der Waals surface area contributed by atoms with Gasteiger partial charge in [-0.1, -0.05) is 58.4 Å². The van der Waals surface area contributed by atoms with Crippen LogP contribution in [0.1, 0.15) is 21.7 Å². The molecule has 5 aromatic rings. The van der Waals surface area contributed by atoms with Crippen LogP contribution in [0.4, 0.5) is 0 Å². The molecular weight excluding hydrogens is 566 g/mol. The van der Waals surface area contributed by atoms with Crippen molar-refractivity contribution in [2.75, 3.05) is 7.11 Å². The molecule has 0 spiro atoms. The van der Waals surface area contributed by atoms with Crippen LogP contribution in [0, 0.1) is 0 Å². The number of carbonyl (C=O) groups is 2. The number of amides is 1. The van der Waals surface area contributed by atoms with Crippen LogP contribution in [0.2, 0.25) is 0 Å². The summed E-state index contributed by atoms with van der Waals surface area (Å²) in [5, 5.41) is 1.18. The average molecular weight is 590 g/mol. The number of para-hydroxylation sites is 1. The van der Waals surface area contributed by atoms with Gasteiger partial charge >= 0.3 is 11.9 Å². The molecule has 0 radical (unpaired) electrons. The van der Waals surface area contributed by atoms with Gasteiger partial charge in [0.2, 0.25) is 0 Å². The molecule has 0 aliphatic carbocycles. The number of hydrogen-bond acceptors (Lipinski definition) is 7. The minimum atomic E-state index is -0.886. The lowest BCUT2D eigenvalue weighted by Gasteiger charge is -2.17. The third-order valence-electron chi connectivity index (χ3n) is 6.23. The third kappa shape index (κ3) is 5.71. The van der Waals surface area contributed by atoms with Crippen molar-refractivity contribution in [2.45, 2.75) is 19.1 Å². The topological polar surface area (TPSA) is 123 Å². The zero-order valence-electron chi connectivity index (χ0n) is 20.8. The van der Waals surface area contributed by atoms with Crippen LogP contribution in [-0.2, 0) is 22.6 Å². The predicted octanol–water partition coefficient (Wildman–Crippen LogP) is 4.63. The summed E-state index contributed by atoms with van der Waals surface area (Å²) < 4.78 is 17.4. The number of aromatic amines is 1. The van der Waals surface area contributed by atoms with Crippen molar-refractivity contribution in [2.24, 2.45) is 0 Å². The van der Waals surface area contributed by atoms with Gasteiger partial charge in [-0.05, 0) is 29.8 Å². The summed E-state index contributed by atoms with van der Waals surface area (Å²) in [5.41, 5.74) is 7.65. The maximum Gasteiger partial charge on any atom is 0.325 e. The fourth-order valence-electron chi connectivity index (χ4n) is 4.25. The van der Waals surface area contributed by atoms with Crippen molar-refractivity contribution in [1.82, 2.24) is 15.8 Å². The Morgan fingerprint density at radius 3 is 2.64 bits per heavy atom. The Morgan fingerprint density at radius 1 is 1.03 bits per heavy atom. The number of aromatic nitrogens is 1. The number of methoxy groups -OCH3 is 1. The minimum Gasteiger partial charge on any atom is -0.488 e. The molecule has 198 valence electrons. The lowest BCUT2D eigenvalue weighted by Crippen LogP contribution is -2.49. The Kier molecular flexibility index (Phi) is 7.76. The molecule has 5 rings (SSSR count). The van der Waals surface area contributed by atoms with Gasteiger partial charge in [-0.2, -0.15) is 0 Å². The SMILES string of the molecule is COC(=O)[C@H](Cc1c[nH]c2ccccc12)NNC(=O)c1cc(=O)c2c(OCc3ccccc3Br)cccc2o1. The summed E-state index contributed by atoms with van der Waals surface area (Å²) in [5.74, 6) is -1.17. The number of rotatable bonds is 9. The van der Waals surface area contributed by atoms with Crippen LogP contribution in [0.5, 0.6) is 5.75 Å². The van der Waals surface area contributed by atoms with E-state index >= 15 is 0 Å². The Hall–Kier alpha value is -4.41. The molecule has 2 aromatic heterocycles. The van der Waals surface area contributed by atoms with Crippen LogP contribution in [0.25, 0.3) is 21.9 Å². The van der Waals surface area contributed by atoms with E-state index in [-0.39, 0.29) is 29.8 Å². The van der Waals surface area contributed by atoms with Crippen molar-refractivity contribution in [3.63, 3.8) is 0 Å². The van der Waals surface area contributed by atoms with Crippen LogP contribution >= 0.6 is 15.9 Å². The summed E-state index contributed by atoms with van der Waals surface area (Å²) in [6.07, 6.45) is 2.06. The number of halogens is 1. The molecule has 0 saturated heterocycles. The number of hydrazine groups is 1. The highest BCUT2D eigenvalue weighted by Crippen LogP contribution is 2.26. The van der Waals surface area contributed by atoms with Gasteiger partial charge < -0.3 is 18.9 Å². The van der Waals surface area contributed by atoms with Gasteiger partial charge in [0, 0.05) is 39.6 Å². The summed E-state index contributed by atoms with van der Waals surface area (Å²) in [6, 6.07) is 20.4. The number of fused-ring (bicyclic) bond motifs is 2. The molecule has 9 nitrogen and oxygen atoms in total. The van der Waals surface area contributed by atoms with Crippen molar-refractivity contribution in [3.05, 3.63) is 111 Å². The number of esters is 1. The molecule has 2 heterocycles. The number of H-pyrrole nitrogens is 1. The Bertz CT molecular complexity index is 1730. The number of hydrogen-bond donors (Lipinski definition) is 3. The van der Waals surface area contributed by atoms with Crippen molar-refractivity contribution in [3.8, 4) is 5.75 Å². The van der Waals surface area contributed by atoms with Crippen molar-refractivity contribution >= 4 is 49.7 Å². The normalized spacial score (nSPS) is 11.8. The van der Waals surface area contributed by atoms with E-state index in [9.17, 15) is 14.4 Å². The molecule has 3 aromatic carbocycles. The monoisotopic (exact) mass is 589 g/mol. The van der Waals surface area contributed by atoms with Crippen LogP contribution < -0.4 is 21.0 Å². The number of ether oxygens (including phenoxy) is 2. The van der Waals surface area contributed by atoms with Gasteiger partial charge in [0.15, 0.2) is 11.2 Å². The minimum absolute atomic E-state index is 0.195. The average Bonchev–Trinajstić information content (AvgIpc) is 3.36. The lowest BCUT2D eigenvalue weighted by atomic mass is 10.1. The van der Waals surface area contributed by atoms with E-state index in [1.165, 1.54) is 7.11 Å². The highest BCUT2D eigenvalue weighted by atomic mass is 79.9. The fourth-order valence-corrected chi connectivity index (χ4v) is 4.65. The van der Waals surface area contributed by atoms with Gasteiger partial charge in [-0.15, -0.1) is 0 Å². The first kappa shape index (κ1) is 26.2. The summed E-state index contributed by atoms with van der Waals surface area (Å²) in [4.78, 5) is 41.5. The van der Waals surface area contributed by atoms with Gasteiger partial charge in [-0.25, -0.2) is 5.43 Å². The second-order valence-electron chi connectivity index (χ2n) is 8.72. The molecule has 0 fully saturated rings. The summed E-state index contributed by atoms with van der Waals surface area (Å²) in [7, 11) is 1.27. The number of nitrogens with one attached hydrogen (secondary N) is 3. The standard InChI is InChI=1S/C29H24BrN3O6/c1-37-29(36)22(13-18-15-31-21-10-5-3-8-19(18)21)32-33-28(35)26-14-23(34)27-24(11-6-12-25(27)39-26)38-16-17-7-2-4-9-20(17)30/h2-12,14-15,22,31-32H,13,16H2,1H3,(H,33,35)/t22-/m0/s1. The van der Waals surface area contributed by atoms with Gasteiger partial charge in [-0.3, -0.25) is 19.8 Å². The van der Waals surface area contributed by atoms with E-state index in [4.69, 9.17) is 13.9 Å². The second kappa shape index (κ2) is 11.5. The van der Waals surface area contributed by atoms with Gasteiger partial charge in [0.25, 0.3) is 0 Å². The molecule has 1 amide bonds. The van der Waals surface area contributed by atoms with Crippen LogP contribution in [0.15, 0.2) is 92.7 Å². The summed E-state index contributed by atoms with van der Waals surface area (Å²) in [6.45, 7) is 0.234. The molecule has 0 saturated carbocycles. The van der Waals surface area contributed by atoms with E-state index < -0.39 is 23.3 Å². The van der Waals surface area contributed by atoms with E-state index in [0.29, 0.717) is 5.75 Å². The van der Waals surface area contributed by atoms with Gasteiger partial charge in [0.05, 0.1) is 7.11 Å².